The molecule has 4 heteroatoms. The SMILES string of the molecule is COc1ccc(C(=O)CN)cc1OC. The predicted octanol–water partition coefficient (Wildman–Crippen LogP) is 0.845. The van der Waals surface area contributed by atoms with Gasteiger partial charge in [0.1, 0.15) is 0 Å². The standard InChI is InChI=1S/C10H13NO3/c1-13-9-4-3-7(8(12)6-11)5-10(9)14-2/h3-5H,6,11H2,1-2H3. The normalized spacial score (nSPS) is 9.64. The van der Waals surface area contributed by atoms with E-state index in [1.807, 2.05) is 0 Å². The van der Waals surface area contributed by atoms with Gasteiger partial charge >= 0.3 is 0 Å². The first-order valence-electron chi connectivity index (χ1n) is 4.18. The van der Waals surface area contributed by atoms with Crippen molar-refractivity contribution >= 4 is 5.78 Å². The number of ether oxygens (including phenoxy) is 2. The van der Waals surface area contributed by atoms with Crippen molar-refractivity contribution in [2.24, 2.45) is 5.73 Å². The zero-order valence-electron chi connectivity index (χ0n) is 8.24. The summed E-state index contributed by atoms with van der Waals surface area (Å²) in [6.45, 7) is -0.00448. The second-order valence-corrected chi connectivity index (χ2v) is 2.70. The molecule has 0 heterocycles. The van der Waals surface area contributed by atoms with Crippen molar-refractivity contribution in [3.05, 3.63) is 23.8 Å². The number of Topliss-reactive ketones (excluding diaryl/α,β-unsaturated/α-hetero) is 1. The molecule has 0 aliphatic heterocycles. The topological polar surface area (TPSA) is 61.5 Å². The Balaban J connectivity index is 3.07. The third-order valence-electron chi connectivity index (χ3n) is 1.89. The Hall–Kier alpha value is -1.55. The molecule has 0 atom stereocenters. The minimum absolute atomic E-state index is 0.00448. The summed E-state index contributed by atoms with van der Waals surface area (Å²) in [7, 11) is 3.07. The highest BCUT2D eigenvalue weighted by atomic mass is 16.5. The lowest BCUT2D eigenvalue weighted by Crippen LogP contribution is -2.13. The van der Waals surface area contributed by atoms with Crippen molar-refractivity contribution in [3.63, 3.8) is 0 Å². The Morgan fingerprint density at radius 2 is 1.93 bits per heavy atom. The number of carbonyl (C=O) groups is 1. The van der Waals surface area contributed by atoms with Gasteiger partial charge < -0.3 is 15.2 Å². The molecule has 1 rings (SSSR count). The van der Waals surface area contributed by atoms with Gasteiger partial charge in [-0.3, -0.25) is 4.79 Å². The number of hydrogen-bond acceptors (Lipinski definition) is 4. The van der Waals surface area contributed by atoms with Crippen LogP contribution in [0.2, 0.25) is 0 Å². The highest BCUT2D eigenvalue weighted by molar-refractivity contribution is 5.98. The van der Waals surface area contributed by atoms with E-state index in [0.717, 1.165) is 0 Å². The fourth-order valence-electron chi connectivity index (χ4n) is 1.13. The van der Waals surface area contributed by atoms with Crippen LogP contribution in [0.4, 0.5) is 0 Å². The highest BCUT2D eigenvalue weighted by Crippen LogP contribution is 2.27. The van der Waals surface area contributed by atoms with Crippen LogP contribution in [0.15, 0.2) is 18.2 Å². The maximum absolute atomic E-state index is 11.3. The number of hydrogen-bond donors (Lipinski definition) is 1. The molecule has 2 N–H and O–H groups in total. The number of ketones is 1. The van der Waals surface area contributed by atoms with Crippen LogP contribution in [0, 0.1) is 0 Å². The van der Waals surface area contributed by atoms with Gasteiger partial charge in [-0.1, -0.05) is 0 Å². The van der Waals surface area contributed by atoms with Gasteiger partial charge in [-0.25, -0.2) is 0 Å². The number of rotatable bonds is 4. The average molecular weight is 195 g/mol. The number of nitrogens with two attached hydrogens (primary N) is 1. The van der Waals surface area contributed by atoms with Crippen molar-refractivity contribution in [2.75, 3.05) is 20.8 Å². The van der Waals surface area contributed by atoms with Crippen LogP contribution in [-0.2, 0) is 0 Å². The van der Waals surface area contributed by atoms with Crippen molar-refractivity contribution in [1.82, 2.24) is 0 Å². The molecule has 0 aromatic heterocycles. The van der Waals surface area contributed by atoms with Gasteiger partial charge in [0.15, 0.2) is 17.3 Å². The minimum Gasteiger partial charge on any atom is -0.493 e. The molecule has 1 aromatic carbocycles. The zero-order valence-corrected chi connectivity index (χ0v) is 8.24. The van der Waals surface area contributed by atoms with Crippen LogP contribution < -0.4 is 15.2 Å². The molecule has 4 nitrogen and oxygen atoms in total. The molecule has 0 spiro atoms. The Morgan fingerprint density at radius 1 is 1.29 bits per heavy atom. The van der Waals surface area contributed by atoms with Crippen LogP contribution in [0.3, 0.4) is 0 Å². The second kappa shape index (κ2) is 4.62. The molecule has 76 valence electrons. The lowest BCUT2D eigenvalue weighted by molar-refractivity contribution is 0.100. The molecule has 0 amide bonds. The average Bonchev–Trinajstić information content (AvgIpc) is 2.26. The number of carbonyl (C=O) groups excluding carboxylic acids is 1. The monoisotopic (exact) mass is 195 g/mol. The first-order chi connectivity index (χ1) is 6.72. The van der Waals surface area contributed by atoms with Crippen molar-refractivity contribution in [1.29, 1.82) is 0 Å². The Kier molecular flexibility index (Phi) is 3.48. The summed E-state index contributed by atoms with van der Waals surface area (Å²) in [5.41, 5.74) is 5.78. The Bertz CT molecular complexity index is 336. The number of benzene rings is 1. The summed E-state index contributed by atoms with van der Waals surface area (Å²) in [6, 6.07) is 4.96. The lowest BCUT2D eigenvalue weighted by Gasteiger charge is -2.08. The van der Waals surface area contributed by atoms with Gasteiger partial charge in [0.05, 0.1) is 20.8 Å². The summed E-state index contributed by atoms with van der Waals surface area (Å²) in [4.78, 5) is 11.3. The molecule has 0 unspecified atom stereocenters. The van der Waals surface area contributed by atoms with E-state index in [9.17, 15) is 4.79 Å². The van der Waals surface area contributed by atoms with E-state index in [4.69, 9.17) is 15.2 Å². The van der Waals surface area contributed by atoms with Gasteiger partial charge in [-0.2, -0.15) is 0 Å². The van der Waals surface area contributed by atoms with E-state index in [0.29, 0.717) is 17.1 Å². The molecule has 0 aliphatic rings. The Morgan fingerprint density at radius 3 is 2.43 bits per heavy atom. The summed E-state index contributed by atoms with van der Waals surface area (Å²) in [6.07, 6.45) is 0. The van der Waals surface area contributed by atoms with Crippen molar-refractivity contribution in [2.45, 2.75) is 0 Å². The van der Waals surface area contributed by atoms with Gasteiger partial charge in [0, 0.05) is 5.56 Å². The predicted molar refractivity (Wildman–Crippen MR) is 52.9 cm³/mol. The summed E-state index contributed by atoms with van der Waals surface area (Å²) in [5, 5.41) is 0. The first-order valence-corrected chi connectivity index (χ1v) is 4.18. The minimum atomic E-state index is -0.119. The van der Waals surface area contributed by atoms with E-state index in [-0.39, 0.29) is 12.3 Å². The first kappa shape index (κ1) is 10.5. The third kappa shape index (κ3) is 2.03. The fraction of sp³-hybridized carbons (Fsp3) is 0.300. The number of methoxy groups -OCH3 is 2. The van der Waals surface area contributed by atoms with Gasteiger partial charge in [-0.15, -0.1) is 0 Å². The molecule has 1 aromatic rings. The summed E-state index contributed by atoms with van der Waals surface area (Å²) < 4.78 is 10.1. The van der Waals surface area contributed by atoms with Gasteiger partial charge in [0.25, 0.3) is 0 Å². The van der Waals surface area contributed by atoms with E-state index in [2.05, 4.69) is 0 Å². The molecule has 0 fully saturated rings. The largest absolute Gasteiger partial charge is 0.493 e. The third-order valence-corrected chi connectivity index (χ3v) is 1.89. The molecular weight excluding hydrogens is 182 g/mol. The molecule has 0 aliphatic carbocycles. The lowest BCUT2D eigenvalue weighted by atomic mass is 10.1. The van der Waals surface area contributed by atoms with E-state index >= 15 is 0 Å². The van der Waals surface area contributed by atoms with E-state index in [1.54, 1.807) is 25.3 Å². The molecule has 0 saturated heterocycles. The molecule has 0 saturated carbocycles. The molecule has 14 heavy (non-hydrogen) atoms. The Labute approximate surface area is 82.6 Å². The van der Waals surface area contributed by atoms with E-state index in [1.165, 1.54) is 7.11 Å². The highest BCUT2D eigenvalue weighted by Gasteiger charge is 2.08. The summed E-state index contributed by atoms with van der Waals surface area (Å²) in [5.74, 6) is 1.01. The van der Waals surface area contributed by atoms with Crippen LogP contribution in [0.25, 0.3) is 0 Å². The van der Waals surface area contributed by atoms with Gasteiger partial charge in [-0.05, 0) is 18.2 Å². The molecular formula is C10H13NO3. The maximum Gasteiger partial charge on any atom is 0.176 e. The van der Waals surface area contributed by atoms with E-state index < -0.39 is 0 Å². The fourth-order valence-corrected chi connectivity index (χ4v) is 1.13. The van der Waals surface area contributed by atoms with Crippen LogP contribution in [0.1, 0.15) is 10.4 Å². The maximum atomic E-state index is 11.3. The van der Waals surface area contributed by atoms with Crippen LogP contribution in [0.5, 0.6) is 11.5 Å². The zero-order chi connectivity index (χ0) is 10.6. The molecule has 0 bridgehead atoms. The van der Waals surface area contributed by atoms with Crippen LogP contribution in [-0.4, -0.2) is 26.5 Å². The van der Waals surface area contributed by atoms with Crippen LogP contribution >= 0.6 is 0 Å². The van der Waals surface area contributed by atoms with Crippen molar-refractivity contribution in [3.8, 4) is 11.5 Å². The van der Waals surface area contributed by atoms with Gasteiger partial charge in [0.2, 0.25) is 0 Å². The molecule has 0 radical (unpaired) electrons. The smallest absolute Gasteiger partial charge is 0.176 e. The quantitative estimate of drug-likeness (QED) is 0.723. The second-order valence-electron chi connectivity index (χ2n) is 2.70. The summed E-state index contributed by atoms with van der Waals surface area (Å²) >= 11 is 0. The van der Waals surface area contributed by atoms with Crippen molar-refractivity contribution < 1.29 is 14.3 Å².